The number of aryl methyl sites for hydroxylation is 1. The van der Waals surface area contributed by atoms with Gasteiger partial charge in [0.25, 0.3) is 0 Å². The third-order valence-corrected chi connectivity index (χ3v) is 4.04. The highest BCUT2D eigenvalue weighted by Crippen LogP contribution is 2.24. The fourth-order valence-corrected chi connectivity index (χ4v) is 2.76. The van der Waals surface area contributed by atoms with Gasteiger partial charge in [-0.15, -0.1) is 0 Å². The predicted molar refractivity (Wildman–Crippen MR) is 98.3 cm³/mol. The fourth-order valence-electron chi connectivity index (χ4n) is 2.76. The molecule has 0 unspecified atom stereocenters. The van der Waals surface area contributed by atoms with E-state index in [2.05, 4.69) is 0 Å². The van der Waals surface area contributed by atoms with Crippen LogP contribution in [0.3, 0.4) is 0 Å². The molecule has 0 aromatic heterocycles. The highest BCUT2D eigenvalue weighted by Gasteiger charge is 2.26. The van der Waals surface area contributed by atoms with Crippen molar-refractivity contribution in [1.82, 2.24) is 4.90 Å². The first-order valence-corrected chi connectivity index (χ1v) is 9.09. The molecule has 1 aliphatic heterocycles. The van der Waals surface area contributed by atoms with Crippen LogP contribution in [0.5, 0.6) is 5.75 Å². The average Bonchev–Trinajstić information content (AvgIpc) is 2.55. The van der Waals surface area contributed by atoms with Crippen LogP contribution in [0.1, 0.15) is 59.4 Å². The van der Waals surface area contributed by atoms with E-state index in [1.54, 1.807) is 12.1 Å². The summed E-state index contributed by atoms with van der Waals surface area (Å²) in [5, 5.41) is 9.29. The lowest BCUT2D eigenvalue weighted by atomic mass is 9.91. The van der Waals surface area contributed by atoms with E-state index < -0.39 is 5.60 Å². The monoisotopic (exact) mass is 335 g/mol. The first kappa shape index (κ1) is 20.3. The van der Waals surface area contributed by atoms with Gasteiger partial charge in [-0.1, -0.05) is 26.0 Å². The summed E-state index contributed by atoms with van der Waals surface area (Å²) in [6.07, 6.45) is 4.04. The molecule has 1 saturated heterocycles. The van der Waals surface area contributed by atoms with E-state index in [1.807, 2.05) is 51.7 Å². The Bertz CT molecular complexity index is 483. The Morgan fingerprint density at radius 3 is 2.21 bits per heavy atom. The minimum absolute atomic E-state index is 0.190. The van der Waals surface area contributed by atoms with Gasteiger partial charge < -0.3 is 14.7 Å². The molecule has 2 rings (SSSR count). The number of aromatic hydroxyl groups is 1. The smallest absolute Gasteiger partial charge is 0.410 e. The zero-order chi connectivity index (χ0) is 18.2. The lowest BCUT2D eigenvalue weighted by molar-refractivity contribution is 0.0181. The predicted octanol–water partition coefficient (Wildman–Crippen LogP) is 5.00. The number of carbonyl (C=O) groups excluding carboxylic acids is 1. The van der Waals surface area contributed by atoms with Crippen LogP contribution in [-0.2, 0) is 11.2 Å². The van der Waals surface area contributed by atoms with Gasteiger partial charge in [-0.3, -0.25) is 0 Å². The first-order chi connectivity index (χ1) is 11.3. The molecule has 0 aliphatic carbocycles. The van der Waals surface area contributed by atoms with Crippen LogP contribution in [0, 0.1) is 5.92 Å². The Morgan fingerprint density at radius 2 is 1.71 bits per heavy atom. The number of rotatable bonds is 3. The van der Waals surface area contributed by atoms with Gasteiger partial charge in [-0.2, -0.15) is 0 Å². The summed E-state index contributed by atoms with van der Waals surface area (Å²) in [6.45, 7) is 11.3. The van der Waals surface area contributed by atoms with Crippen LogP contribution in [0.2, 0.25) is 0 Å². The van der Waals surface area contributed by atoms with E-state index in [-0.39, 0.29) is 6.09 Å². The molecule has 1 amide bonds. The highest BCUT2D eigenvalue weighted by atomic mass is 16.6. The van der Waals surface area contributed by atoms with Crippen molar-refractivity contribution in [3.8, 4) is 5.75 Å². The van der Waals surface area contributed by atoms with Crippen molar-refractivity contribution in [2.75, 3.05) is 13.1 Å². The van der Waals surface area contributed by atoms with Crippen LogP contribution in [-0.4, -0.2) is 34.8 Å². The van der Waals surface area contributed by atoms with E-state index in [0.717, 1.165) is 38.8 Å². The van der Waals surface area contributed by atoms with Crippen LogP contribution >= 0.6 is 0 Å². The number of hydrogen-bond donors (Lipinski definition) is 1. The summed E-state index contributed by atoms with van der Waals surface area (Å²) in [5.74, 6) is 0.974. The summed E-state index contributed by atoms with van der Waals surface area (Å²) in [5.41, 5.74) is 0.833. The molecule has 136 valence electrons. The molecule has 0 bridgehead atoms. The topological polar surface area (TPSA) is 49.8 Å². The van der Waals surface area contributed by atoms with E-state index in [0.29, 0.717) is 11.7 Å². The van der Waals surface area contributed by atoms with Crippen molar-refractivity contribution >= 4 is 6.09 Å². The number of phenols is 1. The number of benzene rings is 1. The summed E-state index contributed by atoms with van der Waals surface area (Å²) in [6, 6.07) is 7.43. The highest BCUT2D eigenvalue weighted by molar-refractivity contribution is 5.68. The van der Waals surface area contributed by atoms with Gasteiger partial charge in [0.15, 0.2) is 0 Å². The van der Waals surface area contributed by atoms with Gasteiger partial charge >= 0.3 is 6.09 Å². The molecule has 1 aromatic rings. The molecule has 1 heterocycles. The third-order valence-electron chi connectivity index (χ3n) is 4.04. The minimum Gasteiger partial charge on any atom is -0.508 e. The summed E-state index contributed by atoms with van der Waals surface area (Å²) >= 11 is 0. The Balaban J connectivity index is 0.00000139. The maximum absolute atomic E-state index is 12.0. The molecule has 0 spiro atoms. The molecule has 4 heteroatoms. The van der Waals surface area contributed by atoms with E-state index in [9.17, 15) is 9.90 Å². The van der Waals surface area contributed by atoms with Crippen molar-refractivity contribution in [3.05, 3.63) is 29.8 Å². The average molecular weight is 335 g/mol. The Labute approximate surface area is 146 Å². The Hall–Kier alpha value is -1.71. The van der Waals surface area contributed by atoms with Crippen molar-refractivity contribution < 1.29 is 14.6 Å². The summed E-state index contributed by atoms with van der Waals surface area (Å²) in [4.78, 5) is 13.8. The number of likely N-dealkylation sites (tertiary alicyclic amines) is 1. The number of piperidine rings is 1. The first-order valence-electron chi connectivity index (χ1n) is 9.09. The molecule has 1 fully saturated rings. The number of phenolic OH excluding ortho intramolecular Hbond substituents is 1. The van der Waals surface area contributed by atoms with Crippen molar-refractivity contribution in [1.29, 1.82) is 0 Å². The zero-order valence-corrected chi connectivity index (χ0v) is 15.8. The van der Waals surface area contributed by atoms with Crippen LogP contribution in [0.25, 0.3) is 0 Å². The molecule has 1 N–H and O–H groups in total. The van der Waals surface area contributed by atoms with E-state index >= 15 is 0 Å². The number of ether oxygens (including phenoxy) is 1. The standard InChI is InChI=1S/C18H27NO3.C2H6/c1-18(2,3)22-17(21)19-12-10-15(11-13-19)5-4-14-6-8-16(20)9-7-14;1-2/h6-9,15,20H,4-5,10-13H2,1-3H3;1-2H3. The van der Waals surface area contributed by atoms with E-state index in [1.165, 1.54) is 5.56 Å². The second-order valence-electron chi connectivity index (χ2n) is 7.12. The molecule has 1 aromatic carbocycles. The molecule has 1 aliphatic rings. The zero-order valence-electron chi connectivity index (χ0n) is 15.8. The number of nitrogens with zero attached hydrogens (tertiary/aromatic N) is 1. The normalized spacial score (nSPS) is 15.5. The number of hydrogen-bond acceptors (Lipinski definition) is 3. The molecule has 4 nitrogen and oxygen atoms in total. The van der Waals surface area contributed by atoms with Crippen LogP contribution < -0.4 is 0 Å². The summed E-state index contributed by atoms with van der Waals surface area (Å²) in [7, 11) is 0. The summed E-state index contributed by atoms with van der Waals surface area (Å²) < 4.78 is 5.42. The van der Waals surface area contributed by atoms with Gasteiger partial charge in [0.1, 0.15) is 11.4 Å². The second-order valence-corrected chi connectivity index (χ2v) is 7.12. The largest absolute Gasteiger partial charge is 0.508 e. The molecule has 24 heavy (non-hydrogen) atoms. The van der Waals surface area contributed by atoms with Crippen molar-refractivity contribution in [2.24, 2.45) is 5.92 Å². The second kappa shape index (κ2) is 9.55. The van der Waals surface area contributed by atoms with Crippen LogP contribution in [0.15, 0.2) is 24.3 Å². The molecular formula is C20H33NO3. The SMILES string of the molecule is CC.CC(C)(C)OC(=O)N1CCC(CCc2ccc(O)cc2)CC1. The van der Waals surface area contributed by atoms with Gasteiger partial charge in [-0.25, -0.2) is 4.79 Å². The number of carbonyl (C=O) groups is 1. The van der Waals surface area contributed by atoms with Gasteiger partial charge in [-0.05, 0) is 70.1 Å². The lowest BCUT2D eigenvalue weighted by Gasteiger charge is -2.33. The maximum atomic E-state index is 12.0. The number of amides is 1. The van der Waals surface area contributed by atoms with E-state index in [4.69, 9.17) is 4.74 Å². The quantitative estimate of drug-likeness (QED) is 0.846. The maximum Gasteiger partial charge on any atom is 0.410 e. The van der Waals surface area contributed by atoms with Crippen molar-refractivity contribution in [2.45, 2.75) is 65.9 Å². The molecular weight excluding hydrogens is 302 g/mol. The molecule has 0 radical (unpaired) electrons. The Kier molecular flexibility index (Phi) is 8.09. The lowest BCUT2D eigenvalue weighted by Crippen LogP contribution is -2.41. The fraction of sp³-hybridized carbons (Fsp3) is 0.650. The minimum atomic E-state index is -0.424. The molecule has 0 atom stereocenters. The third kappa shape index (κ3) is 7.24. The van der Waals surface area contributed by atoms with Gasteiger partial charge in [0.05, 0.1) is 0 Å². The van der Waals surface area contributed by atoms with Gasteiger partial charge in [0, 0.05) is 13.1 Å². The van der Waals surface area contributed by atoms with Crippen LogP contribution in [0.4, 0.5) is 4.79 Å². The Morgan fingerprint density at radius 1 is 1.17 bits per heavy atom. The molecule has 0 saturated carbocycles. The van der Waals surface area contributed by atoms with Crippen molar-refractivity contribution in [3.63, 3.8) is 0 Å². The van der Waals surface area contributed by atoms with Gasteiger partial charge in [0.2, 0.25) is 0 Å².